The fourth-order valence-electron chi connectivity index (χ4n) is 2.64. The number of aromatic nitrogens is 3. The molecule has 2 aromatic carbocycles. The molecule has 1 amide bonds. The van der Waals surface area contributed by atoms with Crippen LogP contribution < -0.4 is 5.32 Å². The van der Waals surface area contributed by atoms with Crippen LogP contribution in [0.25, 0.3) is 11.3 Å². The molecule has 29 heavy (non-hydrogen) atoms. The Kier molecular flexibility index (Phi) is 5.94. The first-order valence-electron chi connectivity index (χ1n) is 8.27. The van der Waals surface area contributed by atoms with Gasteiger partial charge >= 0.3 is 0 Å². The van der Waals surface area contributed by atoms with Gasteiger partial charge in [-0.1, -0.05) is 35.0 Å². The molecule has 0 unspecified atom stereocenters. The summed E-state index contributed by atoms with van der Waals surface area (Å²) in [6, 6.07) is 9.49. The van der Waals surface area contributed by atoms with Crippen molar-refractivity contribution in [2.75, 3.05) is 6.26 Å². The lowest BCUT2D eigenvalue weighted by molar-refractivity contribution is -0.120. The van der Waals surface area contributed by atoms with Gasteiger partial charge in [0.05, 0.1) is 23.4 Å². The van der Waals surface area contributed by atoms with E-state index in [1.54, 1.807) is 6.07 Å². The van der Waals surface area contributed by atoms with E-state index < -0.39 is 34.0 Å². The van der Waals surface area contributed by atoms with Crippen LogP contribution in [-0.2, 0) is 27.8 Å². The van der Waals surface area contributed by atoms with Crippen LogP contribution in [0.15, 0.2) is 42.5 Å². The van der Waals surface area contributed by atoms with Crippen molar-refractivity contribution in [2.45, 2.75) is 13.0 Å². The molecule has 1 N–H and O–H groups in total. The second-order valence-electron chi connectivity index (χ2n) is 6.20. The van der Waals surface area contributed by atoms with Crippen LogP contribution >= 0.6 is 11.6 Å². The van der Waals surface area contributed by atoms with Gasteiger partial charge in [0.2, 0.25) is 5.91 Å². The number of benzene rings is 2. The Morgan fingerprint density at radius 1 is 1.21 bits per heavy atom. The Morgan fingerprint density at radius 3 is 2.62 bits per heavy atom. The number of hydrogen-bond donors (Lipinski definition) is 1. The first-order chi connectivity index (χ1) is 13.6. The molecule has 0 fully saturated rings. The van der Waals surface area contributed by atoms with Crippen LogP contribution in [0, 0.1) is 11.6 Å². The van der Waals surface area contributed by atoms with Crippen molar-refractivity contribution in [1.82, 2.24) is 19.7 Å². The molecule has 0 saturated carbocycles. The molecule has 0 aliphatic heterocycles. The van der Waals surface area contributed by atoms with Crippen molar-refractivity contribution >= 4 is 27.5 Å². The lowest BCUT2D eigenvalue weighted by Crippen LogP contribution is -2.27. The maximum absolute atomic E-state index is 13.8. The summed E-state index contributed by atoms with van der Waals surface area (Å²) >= 11 is 5.68. The van der Waals surface area contributed by atoms with Crippen molar-refractivity contribution in [1.29, 1.82) is 0 Å². The molecule has 0 saturated heterocycles. The van der Waals surface area contributed by atoms with Gasteiger partial charge in [-0.05, 0) is 29.8 Å². The second kappa shape index (κ2) is 8.26. The van der Waals surface area contributed by atoms with E-state index in [1.807, 2.05) is 0 Å². The van der Waals surface area contributed by atoms with E-state index >= 15 is 0 Å². The molecule has 7 nitrogen and oxygen atoms in total. The molecule has 0 aliphatic carbocycles. The molecule has 1 aromatic heterocycles. The maximum Gasteiger partial charge on any atom is 0.252 e. The van der Waals surface area contributed by atoms with Gasteiger partial charge in [0, 0.05) is 12.1 Å². The Hall–Kier alpha value is -2.85. The van der Waals surface area contributed by atoms with Gasteiger partial charge in [0.15, 0.2) is 0 Å². The first-order valence-corrected chi connectivity index (χ1v) is 10.5. The third kappa shape index (κ3) is 4.96. The third-order valence-corrected chi connectivity index (χ3v) is 5.17. The highest BCUT2D eigenvalue weighted by Crippen LogP contribution is 2.26. The van der Waals surface area contributed by atoms with Gasteiger partial charge < -0.3 is 5.32 Å². The number of rotatable bonds is 6. The molecule has 0 spiro atoms. The molecular formula is C18H15ClF2N4O3S. The number of carbonyl (C=O) groups is 1. The van der Waals surface area contributed by atoms with E-state index in [4.69, 9.17) is 11.6 Å². The number of nitrogens with one attached hydrogen (secondary N) is 1. The highest BCUT2D eigenvalue weighted by Gasteiger charge is 2.23. The Bertz CT molecular complexity index is 1180. The summed E-state index contributed by atoms with van der Waals surface area (Å²) in [6.07, 6.45) is 0.511. The van der Waals surface area contributed by atoms with Crippen molar-refractivity contribution in [3.05, 3.63) is 70.4 Å². The summed E-state index contributed by atoms with van der Waals surface area (Å²) in [5, 5.41) is 9.86. The average Bonchev–Trinajstić information content (AvgIpc) is 3.06. The largest absolute Gasteiger partial charge is 0.352 e. The molecule has 0 radical (unpaired) electrons. The van der Waals surface area contributed by atoms with Crippen LogP contribution in [0.2, 0.25) is 5.02 Å². The van der Waals surface area contributed by atoms with E-state index in [0.29, 0.717) is 9.65 Å². The van der Waals surface area contributed by atoms with Crippen molar-refractivity contribution in [2.24, 2.45) is 0 Å². The van der Waals surface area contributed by atoms with Crippen molar-refractivity contribution in [3.63, 3.8) is 0 Å². The van der Waals surface area contributed by atoms with Gasteiger partial charge in [-0.15, -0.1) is 9.19 Å². The zero-order valence-corrected chi connectivity index (χ0v) is 16.6. The molecule has 3 aromatic rings. The van der Waals surface area contributed by atoms with E-state index in [-0.39, 0.29) is 28.5 Å². The number of amides is 1. The maximum atomic E-state index is 13.8. The smallest absolute Gasteiger partial charge is 0.252 e. The molecule has 152 valence electrons. The van der Waals surface area contributed by atoms with Crippen LogP contribution in [-0.4, -0.2) is 35.0 Å². The summed E-state index contributed by atoms with van der Waals surface area (Å²) in [5.74, 6) is -1.71. The van der Waals surface area contributed by atoms with Crippen LogP contribution in [0.4, 0.5) is 8.78 Å². The predicted octanol–water partition coefficient (Wildman–Crippen LogP) is 2.54. The lowest BCUT2D eigenvalue weighted by atomic mass is 10.1. The molecule has 0 atom stereocenters. The highest BCUT2D eigenvalue weighted by atomic mass is 35.5. The number of hydrogen-bond acceptors (Lipinski definition) is 5. The number of nitrogens with zero attached hydrogens (tertiary/aromatic N) is 3. The normalized spacial score (nSPS) is 11.4. The lowest BCUT2D eigenvalue weighted by Gasteiger charge is -2.08. The zero-order valence-electron chi connectivity index (χ0n) is 15.1. The number of halogens is 3. The highest BCUT2D eigenvalue weighted by molar-refractivity contribution is 7.89. The van der Waals surface area contributed by atoms with Gasteiger partial charge in [-0.25, -0.2) is 17.2 Å². The minimum atomic E-state index is -3.86. The predicted molar refractivity (Wildman–Crippen MR) is 103 cm³/mol. The van der Waals surface area contributed by atoms with E-state index in [9.17, 15) is 22.0 Å². The number of carbonyl (C=O) groups excluding carboxylic acids is 1. The quantitative estimate of drug-likeness (QED) is 0.635. The second-order valence-corrected chi connectivity index (χ2v) is 8.42. The summed E-state index contributed by atoms with van der Waals surface area (Å²) in [4.78, 5) is 12.4. The summed E-state index contributed by atoms with van der Waals surface area (Å²) in [6.45, 7) is 0.0436. The Balaban J connectivity index is 1.89. The van der Waals surface area contributed by atoms with Gasteiger partial charge in [0.25, 0.3) is 10.0 Å². The summed E-state index contributed by atoms with van der Waals surface area (Å²) < 4.78 is 51.7. The monoisotopic (exact) mass is 440 g/mol. The van der Waals surface area contributed by atoms with Gasteiger partial charge in [-0.2, -0.15) is 0 Å². The topological polar surface area (TPSA) is 93.9 Å². The molecule has 11 heteroatoms. The van der Waals surface area contributed by atoms with Crippen LogP contribution in [0.3, 0.4) is 0 Å². The fraction of sp³-hybridized carbons (Fsp3) is 0.167. The van der Waals surface area contributed by atoms with Crippen molar-refractivity contribution < 1.29 is 22.0 Å². The zero-order chi connectivity index (χ0) is 21.2. The minimum absolute atomic E-state index is 0.0342. The minimum Gasteiger partial charge on any atom is -0.352 e. The van der Waals surface area contributed by atoms with Gasteiger partial charge in [-0.3, -0.25) is 4.79 Å². The fourth-order valence-corrected chi connectivity index (χ4v) is 3.47. The van der Waals surface area contributed by atoms with Gasteiger partial charge in [0.1, 0.15) is 17.3 Å². The molecular weight excluding hydrogens is 426 g/mol. The van der Waals surface area contributed by atoms with Crippen molar-refractivity contribution in [3.8, 4) is 11.3 Å². The SMILES string of the molecule is CS(=O)(=O)n1nnc(-c2ccc(Cl)c(F)c2)c1CC(=O)NCc1cccc(F)c1. The standard InChI is InChI=1S/C18H15ClF2N4O3S/c1-29(27,28)25-16(9-17(26)22-10-11-3-2-4-13(20)7-11)18(23-24-25)12-5-6-14(19)15(21)8-12/h2-8H,9-10H2,1H3,(H,22,26). The van der Waals surface area contributed by atoms with Crippen LogP contribution in [0.1, 0.15) is 11.3 Å². The van der Waals surface area contributed by atoms with E-state index in [0.717, 1.165) is 12.3 Å². The molecule has 1 heterocycles. The third-order valence-electron chi connectivity index (χ3n) is 3.94. The summed E-state index contributed by atoms with van der Waals surface area (Å²) in [7, 11) is -3.86. The Labute approximate surface area is 170 Å². The average molecular weight is 441 g/mol. The summed E-state index contributed by atoms with van der Waals surface area (Å²) in [5.41, 5.74) is 0.751. The first kappa shape index (κ1) is 20.9. The Morgan fingerprint density at radius 2 is 1.97 bits per heavy atom. The van der Waals surface area contributed by atoms with Crippen LogP contribution in [0.5, 0.6) is 0 Å². The van der Waals surface area contributed by atoms with E-state index in [2.05, 4.69) is 15.6 Å². The van der Waals surface area contributed by atoms with E-state index in [1.165, 1.54) is 30.3 Å². The molecule has 3 rings (SSSR count). The molecule has 0 aliphatic rings. The molecule has 0 bridgehead atoms.